The average Bonchev–Trinajstić information content (AvgIpc) is 3.16. The van der Waals surface area contributed by atoms with Crippen LogP contribution in [0.1, 0.15) is 47.9 Å². The van der Waals surface area contributed by atoms with Crippen molar-refractivity contribution < 1.29 is 14.1 Å². The second-order valence-electron chi connectivity index (χ2n) is 7.15. The van der Waals surface area contributed by atoms with E-state index in [1.54, 1.807) is 23.3 Å². The van der Waals surface area contributed by atoms with E-state index in [2.05, 4.69) is 25.4 Å². The molecule has 144 valence electrons. The fraction of sp³-hybridized carbons (Fsp3) is 0.421. The predicted octanol–water partition coefficient (Wildman–Crippen LogP) is 2.10. The molecule has 1 amide bonds. The molecule has 1 atom stereocenters. The molecule has 1 saturated heterocycles. The van der Waals surface area contributed by atoms with E-state index >= 15 is 0 Å². The number of imidazole rings is 1. The standard InChI is InChI=1S/C19H20N6O3/c26-18(21-9-14-2-1-7-27-14)15-10-25(11-22-15)16-8-13(5-6-20-16)19-23-17(24-28-19)12-3-4-12/h5-6,8,10-12,14H,1-4,7,9H2,(H,21,26)/t14-/m1/s1. The lowest BCUT2D eigenvalue weighted by molar-refractivity contribution is 0.0854. The summed E-state index contributed by atoms with van der Waals surface area (Å²) < 4.78 is 12.6. The van der Waals surface area contributed by atoms with Crippen molar-refractivity contribution in [3.05, 3.63) is 42.4 Å². The van der Waals surface area contributed by atoms with Crippen LogP contribution in [0.25, 0.3) is 17.3 Å². The molecule has 2 fully saturated rings. The molecule has 9 nitrogen and oxygen atoms in total. The van der Waals surface area contributed by atoms with Gasteiger partial charge in [-0.15, -0.1) is 0 Å². The second-order valence-corrected chi connectivity index (χ2v) is 7.15. The summed E-state index contributed by atoms with van der Waals surface area (Å²) in [5.41, 5.74) is 1.11. The monoisotopic (exact) mass is 380 g/mol. The molecule has 0 bridgehead atoms. The van der Waals surface area contributed by atoms with Gasteiger partial charge in [0.25, 0.3) is 11.8 Å². The van der Waals surface area contributed by atoms with Crippen LogP contribution in [0, 0.1) is 0 Å². The number of carbonyl (C=O) groups excluding carboxylic acids is 1. The fourth-order valence-electron chi connectivity index (χ4n) is 3.22. The second kappa shape index (κ2) is 7.16. The molecule has 1 aliphatic carbocycles. The Labute approximate surface area is 161 Å². The number of rotatable bonds is 6. The van der Waals surface area contributed by atoms with Gasteiger partial charge in [0.05, 0.1) is 6.10 Å². The quantitative estimate of drug-likeness (QED) is 0.698. The molecule has 1 N–H and O–H groups in total. The van der Waals surface area contributed by atoms with Gasteiger partial charge in [0.1, 0.15) is 17.8 Å². The summed E-state index contributed by atoms with van der Waals surface area (Å²) in [6.45, 7) is 1.26. The number of ether oxygens (including phenoxy) is 1. The van der Waals surface area contributed by atoms with Crippen molar-refractivity contribution in [3.63, 3.8) is 0 Å². The summed E-state index contributed by atoms with van der Waals surface area (Å²) >= 11 is 0. The Hall–Kier alpha value is -3.07. The molecule has 3 aromatic rings. The Morgan fingerprint density at radius 3 is 3.04 bits per heavy atom. The van der Waals surface area contributed by atoms with Crippen molar-refractivity contribution in [2.24, 2.45) is 0 Å². The maximum atomic E-state index is 12.3. The number of nitrogens with zero attached hydrogens (tertiary/aromatic N) is 5. The van der Waals surface area contributed by atoms with Crippen molar-refractivity contribution in [2.45, 2.75) is 37.7 Å². The predicted molar refractivity (Wildman–Crippen MR) is 97.9 cm³/mol. The molecule has 0 unspecified atom stereocenters. The first-order valence-electron chi connectivity index (χ1n) is 9.50. The van der Waals surface area contributed by atoms with Crippen LogP contribution in [-0.4, -0.2) is 49.8 Å². The third-order valence-electron chi connectivity index (χ3n) is 4.97. The summed E-state index contributed by atoms with van der Waals surface area (Å²) in [5, 5.41) is 6.92. The summed E-state index contributed by atoms with van der Waals surface area (Å²) in [5.74, 6) is 2.07. The van der Waals surface area contributed by atoms with Crippen LogP contribution in [0.15, 0.2) is 35.4 Å². The zero-order chi connectivity index (χ0) is 18.9. The van der Waals surface area contributed by atoms with E-state index in [9.17, 15) is 4.79 Å². The summed E-state index contributed by atoms with van der Waals surface area (Å²) in [6.07, 6.45) is 9.24. The van der Waals surface area contributed by atoms with Gasteiger partial charge in [-0.05, 0) is 37.8 Å². The van der Waals surface area contributed by atoms with E-state index in [1.165, 1.54) is 0 Å². The minimum atomic E-state index is -0.226. The Bertz CT molecular complexity index is 987. The van der Waals surface area contributed by atoms with E-state index in [0.29, 0.717) is 29.9 Å². The summed E-state index contributed by atoms with van der Waals surface area (Å²) in [6, 6.07) is 3.65. The Morgan fingerprint density at radius 1 is 1.29 bits per heavy atom. The highest BCUT2D eigenvalue weighted by atomic mass is 16.5. The first-order valence-corrected chi connectivity index (χ1v) is 9.50. The van der Waals surface area contributed by atoms with Crippen LogP contribution in [0.5, 0.6) is 0 Å². The van der Waals surface area contributed by atoms with Crippen LogP contribution in [0.2, 0.25) is 0 Å². The summed E-state index contributed by atoms with van der Waals surface area (Å²) in [4.78, 5) is 25.3. The fourth-order valence-corrected chi connectivity index (χ4v) is 3.22. The van der Waals surface area contributed by atoms with E-state index in [0.717, 1.165) is 43.7 Å². The van der Waals surface area contributed by atoms with Gasteiger partial charge in [-0.25, -0.2) is 9.97 Å². The molecule has 9 heteroatoms. The van der Waals surface area contributed by atoms with E-state index in [1.807, 2.05) is 12.1 Å². The minimum absolute atomic E-state index is 0.0966. The van der Waals surface area contributed by atoms with Crippen LogP contribution in [-0.2, 0) is 4.74 Å². The molecule has 1 aliphatic heterocycles. The Morgan fingerprint density at radius 2 is 2.21 bits per heavy atom. The van der Waals surface area contributed by atoms with Gasteiger partial charge in [0.15, 0.2) is 5.82 Å². The summed E-state index contributed by atoms with van der Waals surface area (Å²) in [7, 11) is 0. The van der Waals surface area contributed by atoms with E-state index in [-0.39, 0.29) is 12.0 Å². The zero-order valence-electron chi connectivity index (χ0n) is 15.2. The normalized spacial score (nSPS) is 19.1. The van der Waals surface area contributed by atoms with Crippen molar-refractivity contribution in [3.8, 4) is 17.3 Å². The Kier molecular flexibility index (Phi) is 4.36. The maximum absolute atomic E-state index is 12.3. The molecule has 0 radical (unpaired) electrons. The lowest BCUT2D eigenvalue weighted by Crippen LogP contribution is -2.31. The third-order valence-corrected chi connectivity index (χ3v) is 4.97. The topological polar surface area (TPSA) is 108 Å². The van der Waals surface area contributed by atoms with Gasteiger partial charge >= 0.3 is 0 Å². The van der Waals surface area contributed by atoms with Gasteiger partial charge in [-0.1, -0.05) is 5.16 Å². The van der Waals surface area contributed by atoms with Gasteiger partial charge in [0, 0.05) is 37.0 Å². The van der Waals surface area contributed by atoms with Gasteiger partial charge in [-0.2, -0.15) is 4.98 Å². The molecule has 0 spiro atoms. The zero-order valence-corrected chi connectivity index (χ0v) is 15.2. The largest absolute Gasteiger partial charge is 0.376 e. The molecular formula is C19H20N6O3. The number of pyridine rings is 1. The molecule has 4 heterocycles. The molecule has 1 saturated carbocycles. The molecule has 28 heavy (non-hydrogen) atoms. The molecule has 0 aromatic carbocycles. The number of hydrogen-bond donors (Lipinski definition) is 1. The van der Waals surface area contributed by atoms with E-state index in [4.69, 9.17) is 9.26 Å². The maximum Gasteiger partial charge on any atom is 0.271 e. The highest BCUT2D eigenvalue weighted by Gasteiger charge is 2.29. The molecule has 2 aliphatic rings. The number of carbonyl (C=O) groups is 1. The van der Waals surface area contributed by atoms with Crippen LogP contribution >= 0.6 is 0 Å². The van der Waals surface area contributed by atoms with Crippen molar-refractivity contribution >= 4 is 5.91 Å². The Balaban J connectivity index is 1.30. The third kappa shape index (κ3) is 3.53. The average molecular weight is 380 g/mol. The van der Waals surface area contributed by atoms with Crippen molar-refractivity contribution in [1.82, 2.24) is 30.0 Å². The van der Waals surface area contributed by atoms with Crippen molar-refractivity contribution in [2.75, 3.05) is 13.2 Å². The van der Waals surface area contributed by atoms with Crippen LogP contribution < -0.4 is 5.32 Å². The smallest absolute Gasteiger partial charge is 0.271 e. The molecule has 5 rings (SSSR count). The van der Waals surface area contributed by atoms with Crippen LogP contribution in [0.4, 0.5) is 0 Å². The van der Waals surface area contributed by atoms with Crippen LogP contribution in [0.3, 0.4) is 0 Å². The highest BCUT2D eigenvalue weighted by Crippen LogP contribution is 2.38. The van der Waals surface area contributed by atoms with Crippen molar-refractivity contribution in [1.29, 1.82) is 0 Å². The number of nitrogens with one attached hydrogen (secondary N) is 1. The minimum Gasteiger partial charge on any atom is -0.376 e. The van der Waals surface area contributed by atoms with E-state index < -0.39 is 0 Å². The SMILES string of the molecule is O=C(NC[C@H]1CCCO1)c1cn(-c2cc(-c3nc(C4CC4)no3)ccn2)cn1. The number of hydrogen-bond acceptors (Lipinski definition) is 7. The van der Waals surface area contributed by atoms with Gasteiger partial charge < -0.3 is 14.6 Å². The lowest BCUT2D eigenvalue weighted by atomic mass is 10.2. The molecular weight excluding hydrogens is 360 g/mol. The van der Waals surface area contributed by atoms with Gasteiger partial charge in [0.2, 0.25) is 0 Å². The number of aromatic nitrogens is 5. The molecule has 3 aromatic heterocycles. The first kappa shape index (κ1) is 17.1. The van der Waals surface area contributed by atoms with Gasteiger partial charge in [-0.3, -0.25) is 9.36 Å². The lowest BCUT2D eigenvalue weighted by Gasteiger charge is -2.09. The highest BCUT2D eigenvalue weighted by molar-refractivity contribution is 5.92. The first-order chi connectivity index (χ1) is 13.8. The number of amides is 1.